The number of esters is 1. The van der Waals surface area contributed by atoms with Crippen molar-refractivity contribution in [3.05, 3.63) is 63.1 Å². The lowest BCUT2D eigenvalue weighted by atomic mass is 10.1. The van der Waals surface area contributed by atoms with Crippen LogP contribution in [0.4, 0.5) is 10.5 Å². The second-order valence-corrected chi connectivity index (χ2v) is 6.74. The largest absolute Gasteiger partial charge is 0.455 e. The number of aryl methyl sites for hydroxylation is 2. The Morgan fingerprint density at radius 1 is 1.04 bits per heavy atom. The van der Waals surface area contributed by atoms with Gasteiger partial charge in [0.25, 0.3) is 5.91 Å². The molecule has 0 heterocycles. The standard InChI is InChI=1S/C19H18Cl2N2O4/c1-11-3-6-16(12(2)7-11)22-19(26)23-17(24)10-27-18(25)8-13-4-5-14(20)9-15(13)21/h3-7,9H,8,10H2,1-2H3,(H2,22,23,24,26). The summed E-state index contributed by atoms with van der Waals surface area (Å²) in [5.74, 6) is -1.39. The fourth-order valence-electron chi connectivity index (χ4n) is 2.29. The van der Waals surface area contributed by atoms with E-state index in [1.54, 1.807) is 18.2 Å². The van der Waals surface area contributed by atoms with E-state index in [1.807, 2.05) is 26.0 Å². The van der Waals surface area contributed by atoms with E-state index in [0.29, 0.717) is 21.3 Å². The number of amides is 3. The van der Waals surface area contributed by atoms with Crippen molar-refractivity contribution in [2.24, 2.45) is 0 Å². The number of benzene rings is 2. The van der Waals surface area contributed by atoms with Crippen LogP contribution < -0.4 is 10.6 Å². The lowest BCUT2D eigenvalue weighted by molar-refractivity contribution is -0.147. The van der Waals surface area contributed by atoms with Gasteiger partial charge in [0.05, 0.1) is 6.42 Å². The third-order valence-electron chi connectivity index (χ3n) is 3.60. The average molecular weight is 409 g/mol. The summed E-state index contributed by atoms with van der Waals surface area (Å²) < 4.78 is 4.86. The van der Waals surface area contributed by atoms with E-state index in [-0.39, 0.29) is 6.42 Å². The molecule has 3 amide bonds. The Morgan fingerprint density at radius 2 is 1.78 bits per heavy atom. The lowest BCUT2D eigenvalue weighted by Gasteiger charge is -2.10. The molecule has 27 heavy (non-hydrogen) atoms. The van der Waals surface area contributed by atoms with Crippen LogP contribution in [0.15, 0.2) is 36.4 Å². The Hall–Kier alpha value is -2.57. The van der Waals surface area contributed by atoms with Crippen molar-refractivity contribution >= 4 is 46.8 Å². The maximum atomic E-state index is 11.9. The summed E-state index contributed by atoms with van der Waals surface area (Å²) in [5.41, 5.74) is 3.03. The van der Waals surface area contributed by atoms with Crippen LogP contribution in [0.25, 0.3) is 0 Å². The Bertz CT molecular complexity index is 884. The Morgan fingerprint density at radius 3 is 2.44 bits per heavy atom. The maximum Gasteiger partial charge on any atom is 0.325 e. The minimum Gasteiger partial charge on any atom is -0.455 e. The van der Waals surface area contributed by atoms with Crippen LogP contribution in [0.2, 0.25) is 10.0 Å². The van der Waals surface area contributed by atoms with Crippen LogP contribution in [-0.2, 0) is 20.7 Å². The first-order chi connectivity index (χ1) is 12.7. The molecule has 0 bridgehead atoms. The number of imide groups is 1. The molecule has 0 aliphatic rings. The molecule has 2 aromatic carbocycles. The van der Waals surface area contributed by atoms with Crippen molar-refractivity contribution in [3.63, 3.8) is 0 Å². The zero-order chi connectivity index (χ0) is 20.0. The predicted octanol–water partition coefficient (Wildman–Crippen LogP) is 4.04. The summed E-state index contributed by atoms with van der Waals surface area (Å²) in [6.45, 7) is 3.20. The number of rotatable bonds is 5. The smallest absolute Gasteiger partial charge is 0.325 e. The Labute approximate surface area is 166 Å². The minimum absolute atomic E-state index is 0.113. The summed E-state index contributed by atoms with van der Waals surface area (Å²) in [7, 11) is 0. The fraction of sp³-hybridized carbons (Fsp3) is 0.211. The Kier molecular flexibility index (Phi) is 7.21. The van der Waals surface area contributed by atoms with E-state index in [1.165, 1.54) is 6.07 Å². The molecule has 142 valence electrons. The number of nitrogens with one attached hydrogen (secondary N) is 2. The van der Waals surface area contributed by atoms with Crippen molar-refractivity contribution in [1.82, 2.24) is 5.32 Å². The summed E-state index contributed by atoms with van der Waals surface area (Å²) in [6.07, 6.45) is -0.113. The van der Waals surface area contributed by atoms with Crippen molar-refractivity contribution in [2.75, 3.05) is 11.9 Å². The van der Waals surface area contributed by atoms with Crippen LogP contribution >= 0.6 is 23.2 Å². The number of urea groups is 1. The number of hydrogen-bond donors (Lipinski definition) is 2. The highest BCUT2D eigenvalue weighted by Crippen LogP contribution is 2.21. The fourth-order valence-corrected chi connectivity index (χ4v) is 2.76. The zero-order valence-electron chi connectivity index (χ0n) is 14.8. The first kappa shape index (κ1) is 20.7. The molecule has 6 nitrogen and oxygen atoms in total. The predicted molar refractivity (Wildman–Crippen MR) is 104 cm³/mol. The Balaban J connectivity index is 1.79. The number of ether oxygens (including phenoxy) is 1. The number of hydrogen-bond acceptors (Lipinski definition) is 4. The average Bonchev–Trinajstić information content (AvgIpc) is 2.58. The van der Waals surface area contributed by atoms with Gasteiger partial charge in [-0.2, -0.15) is 0 Å². The molecule has 0 atom stereocenters. The van der Waals surface area contributed by atoms with Gasteiger partial charge < -0.3 is 10.1 Å². The molecule has 0 aliphatic heterocycles. The van der Waals surface area contributed by atoms with Crippen molar-refractivity contribution in [1.29, 1.82) is 0 Å². The monoisotopic (exact) mass is 408 g/mol. The maximum absolute atomic E-state index is 11.9. The highest BCUT2D eigenvalue weighted by atomic mass is 35.5. The normalized spacial score (nSPS) is 10.2. The van der Waals surface area contributed by atoms with Crippen molar-refractivity contribution in [3.8, 4) is 0 Å². The van der Waals surface area contributed by atoms with Crippen molar-refractivity contribution < 1.29 is 19.1 Å². The van der Waals surface area contributed by atoms with Gasteiger partial charge in [-0.15, -0.1) is 0 Å². The molecule has 2 N–H and O–H groups in total. The number of halogens is 2. The molecule has 2 aromatic rings. The van der Waals surface area contributed by atoms with Gasteiger partial charge in [0.1, 0.15) is 0 Å². The van der Waals surface area contributed by atoms with Gasteiger partial charge in [-0.25, -0.2) is 4.79 Å². The summed E-state index contributed by atoms with van der Waals surface area (Å²) in [6, 6.07) is 9.49. The van der Waals surface area contributed by atoms with E-state index in [4.69, 9.17) is 27.9 Å². The summed E-state index contributed by atoms with van der Waals surface area (Å²) in [5, 5.41) is 5.45. The topological polar surface area (TPSA) is 84.5 Å². The number of carbonyl (C=O) groups is 3. The molecule has 2 rings (SSSR count). The summed E-state index contributed by atoms with van der Waals surface area (Å²) >= 11 is 11.8. The molecule has 8 heteroatoms. The van der Waals surface area contributed by atoms with E-state index in [9.17, 15) is 14.4 Å². The molecule has 0 aliphatic carbocycles. The molecular formula is C19H18Cl2N2O4. The van der Waals surface area contributed by atoms with Gasteiger partial charge in [0.2, 0.25) is 0 Å². The van der Waals surface area contributed by atoms with Gasteiger partial charge in [0.15, 0.2) is 6.61 Å². The van der Waals surface area contributed by atoms with Gasteiger partial charge in [-0.05, 0) is 43.2 Å². The number of carbonyl (C=O) groups excluding carboxylic acids is 3. The molecular weight excluding hydrogens is 391 g/mol. The molecule has 0 fully saturated rings. The molecule has 0 unspecified atom stereocenters. The van der Waals surface area contributed by atoms with Crippen LogP contribution in [0.5, 0.6) is 0 Å². The third-order valence-corrected chi connectivity index (χ3v) is 4.18. The van der Waals surface area contributed by atoms with E-state index < -0.39 is 24.5 Å². The quantitative estimate of drug-likeness (QED) is 0.730. The summed E-state index contributed by atoms with van der Waals surface area (Å²) in [4.78, 5) is 35.4. The van der Waals surface area contributed by atoms with Crippen LogP contribution in [0, 0.1) is 13.8 Å². The van der Waals surface area contributed by atoms with Gasteiger partial charge >= 0.3 is 12.0 Å². The highest BCUT2D eigenvalue weighted by molar-refractivity contribution is 6.35. The molecule has 0 saturated heterocycles. The second-order valence-electron chi connectivity index (χ2n) is 5.89. The SMILES string of the molecule is Cc1ccc(NC(=O)NC(=O)COC(=O)Cc2ccc(Cl)cc2Cl)c(C)c1. The first-order valence-corrected chi connectivity index (χ1v) is 8.78. The van der Waals surface area contributed by atoms with E-state index in [0.717, 1.165) is 11.1 Å². The van der Waals surface area contributed by atoms with E-state index >= 15 is 0 Å². The number of anilines is 1. The molecule has 0 aromatic heterocycles. The first-order valence-electron chi connectivity index (χ1n) is 8.02. The van der Waals surface area contributed by atoms with Gasteiger partial charge in [0, 0.05) is 15.7 Å². The van der Waals surface area contributed by atoms with Crippen molar-refractivity contribution in [2.45, 2.75) is 20.3 Å². The minimum atomic E-state index is -0.743. The molecule has 0 spiro atoms. The third kappa shape index (κ3) is 6.58. The van der Waals surface area contributed by atoms with Crippen LogP contribution in [0.3, 0.4) is 0 Å². The molecule has 0 radical (unpaired) electrons. The lowest BCUT2D eigenvalue weighted by Crippen LogP contribution is -2.37. The zero-order valence-corrected chi connectivity index (χ0v) is 16.3. The highest BCUT2D eigenvalue weighted by Gasteiger charge is 2.13. The van der Waals surface area contributed by atoms with Gasteiger partial charge in [-0.1, -0.05) is 47.0 Å². The van der Waals surface area contributed by atoms with Crippen LogP contribution in [0.1, 0.15) is 16.7 Å². The van der Waals surface area contributed by atoms with Crippen LogP contribution in [-0.4, -0.2) is 24.5 Å². The van der Waals surface area contributed by atoms with Gasteiger partial charge in [-0.3, -0.25) is 14.9 Å². The second kappa shape index (κ2) is 9.39. The molecule has 0 saturated carbocycles. The van der Waals surface area contributed by atoms with E-state index in [2.05, 4.69) is 10.6 Å².